The SMILES string of the molecule is CN1CC2(C(=O)N(C)C1=O)c1ccccc1C(=O)N2C. The van der Waals surface area contributed by atoms with Crippen LogP contribution in [0.2, 0.25) is 0 Å². The molecule has 0 N–H and O–H groups in total. The number of fused-ring (bicyclic) bond motifs is 2. The van der Waals surface area contributed by atoms with Gasteiger partial charge in [0.05, 0.1) is 6.54 Å². The van der Waals surface area contributed by atoms with Gasteiger partial charge in [-0.15, -0.1) is 0 Å². The molecule has 6 nitrogen and oxygen atoms in total. The predicted octanol–water partition coefficient (Wildman–Crippen LogP) is 0.491. The van der Waals surface area contributed by atoms with Crippen LogP contribution in [-0.4, -0.2) is 60.2 Å². The number of carbonyl (C=O) groups is 3. The molecule has 0 aromatic heterocycles. The Labute approximate surface area is 116 Å². The zero-order valence-corrected chi connectivity index (χ0v) is 11.6. The second kappa shape index (κ2) is 3.82. The van der Waals surface area contributed by atoms with Crippen molar-refractivity contribution in [1.82, 2.24) is 14.7 Å². The molecule has 0 radical (unpaired) electrons. The van der Waals surface area contributed by atoms with Gasteiger partial charge in [-0.1, -0.05) is 18.2 Å². The van der Waals surface area contributed by atoms with E-state index in [0.717, 1.165) is 4.90 Å². The number of benzene rings is 1. The summed E-state index contributed by atoms with van der Waals surface area (Å²) >= 11 is 0. The number of amides is 4. The summed E-state index contributed by atoms with van der Waals surface area (Å²) in [5.41, 5.74) is 0.0913. The monoisotopic (exact) mass is 273 g/mol. The summed E-state index contributed by atoms with van der Waals surface area (Å²) in [6.45, 7) is 0.175. The highest BCUT2D eigenvalue weighted by molar-refractivity contribution is 6.11. The van der Waals surface area contributed by atoms with Gasteiger partial charge in [0.2, 0.25) is 0 Å². The Morgan fingerprint density at radius 3 is 2.40 bits per heavy atom. The third-order valence-electron chi connectivity index (χ3n) is 4.22. The van der Waals surface area contributed by atoms with Gasteiger partial charge in [-0.2, -0.15) is 0 Å². The van der Waals surface area contributed by atoms with Crippen LogP contribution >= 0.6 is 0 Å². The minimum Gasteiger partial charge on any atom is -0.324 e. The standard InChI is InChI=1S/C14H15N3O3/c1-15-8-14(12(19)16(2)13(15)20)10-7-5-4-6-9(10)11(18)17(14)3/h4-7H,8H2,1-3H3. The van der Waals surface area contributed by atoms with Gasteiger partial charge in [0.1, 0.15) is 0 Å². The molecule has 2 aliphatic heterocycles. The Morgan fingerprint density at radius 1 is 1.05 bits per heavy atom. The minimum absolute atomic E-state index is 0.175. The molecule has 104 valence electrons. The van der Waals surface area contributed by atoms with Crippen molar-refractivity contribution in [3.63, 3.8) is 0 Å². The lowest BCUT2D eigenvalue weighted by Gasteiger charge is -2.45. The van der Waals surface area contributed by atoms with E-state index in [9.17, 15) is 14.4 Å². The fourth-order valence-electron chi connectivity index (χ4n) is 3.11. The molecule has 4 amide bonds. The molecular weight excluding hydrogens is 258 g/mol. The zero-order chi connectivity index (χ0) is 14.7. The largest absolute Gasteiger partial charge is 0.326 e. The molecule has 2 heterocycles. The predicted molar refractivity (Wildman–Crippen MR) is 71.0 cm³/mol. The van der Waals surface area contributed by atoms with E-state index >= 15 is 0 Å². The third kappa shape index (κ3) is 1.25. The highest BCUT2D eigenvalue weighted by atomic mass is 16.2. The summed E-state index contributed by atoms with van der Waals surface area (Å²) in [6.07, 6.45) is 0. The van der Waals surface area contributed by atoms with Gasteiger partial charge < -0.3 is 9.80 Å². The lowest BCUT2D eigenvalue weighted by Crippen LogP contribution is -2.66. The fraction of sp³-hybridized carbons (Fsp3) is 0.357. The van der Waals surface area contributed by atoms with E-state index in [2.05, 4.69) is 0 Å². The first-order valence-electron chi connectivity index (χ1n) is 6.32. The Bertz CT molecular complexity index is 642. The van der Waals surface area contributed by atoms with Crippen molar-refractivity contribution in [1.29, 1.82) is 0 Å². The lowest BCUT2D eigenvalue weighted by molar-refractivity contribution is -0.142. The molecule has 1 spiro atoms. The van der Waals surface area contributed by atoms with Crippen LogP contribution in [0.3, 0.4) is 0 Å². The molecule has 0 bridgehead atoms. The van der Waals surface area contributed by atoms with E-state index in [1.54, 1.807) is 38.4 Å². The van der Waals surface area contributed by atoms with Crippen LogP contribution in [0.1, 0.15) is 15.9 Å². The van der Waals surface area contributed by atoms with Gasteiger partial charge in [0, 0.05) is 32.3 Å². The van der Waals surface area contributed by atoms with E-state index < -0.39 is 5.54 Å². The van der Waals surface area contributed by atoms with E-state index in [-0.39, 0.29) is 24.4 Å². The smallest absolute Gasteiger partial charge is 0.324 e. The van der Waals surface area contributed by atoms with Crippen LogP contribution in [0.25, 0.3) is 0 Å². The molecule has 6 heteroatoms. The van der Waals surface area contributed by atoms with Gasteiger partial charge in [-0.3, -0.25) is 14.5 Å². The van der Waals surface area contributed by atoms with Crippen molar-refractivity contribution in [3.8, 4) is 0 Å². The van der Waals surface area contributed by atoms with Crippen molar-refractivity contribution >= 4 is 17.8 Å². The summed E-state index contributed by atoms with van der Waals surface area (Å²) in [5.74, 6) is -0.550. The summed E-state index contributed by atoms with van der Waals surface area (Å²) < 4.78 is 0. The number of rotatable bonds is 0. The van der Waals surface area contributed by atoms with Crippen LogP contribution < -0.4 is 0 Å². The number of carbonyl (C=O) groups excluding carboxylic acids is 3. The van der Waals surface area contributed by atoms with E-state index in [1.165, 1.54) is 16.8 Å². The molecule has 0 saturated carbocycles. The van der Waals surface area contributed by atoms with E-state index in [0.29, 0.717) is 11.1 Å². The average molecular weight is 273 g/mol. The summed E-state index contributed by atoms with van der Waals surface area (Å²) in [5, 5.41) is 0. The minimum atomic E-state index is -1.11. The molecule has 1 aromatic rings. The highest BCUT2D eigenvalue weighted by Crippen LogP contribution is 2.41. The second-order valence-corrected chi connectivity index (χ2v) is 5.27. The summed E-state index contributed by atoms with van der Waals surface area (Å²) in [7, 11) is 4.69. The first kappa shape index (κ1) is 12.7. The normalized spacial score (nSPS) is 25.8. The molecule has 2 aliphatic rings. The molecule has 1 aromatic carbocycles. The number of likely N-dealkylation sites (N-methyl/N-ethyl adjacent to an activating group) is 3. The third-order valence-corrected chi connectivity index (χ3v) is 4.22. The van der Waals surface area contributed by atoms with Crippen LogP contribution in [0.5, 0.6) is 0 Å². The first-order chi connectivity index (χ1) is 9.41. The average Bonchev–Trinajstić information content (AvgIpc) is 2.67. The number of nitrogens with zero attached hydrogens (tertiary/aromatic N) is 3. The van der Waals surface area contributed by atoms with Crippen molar-refractivity contribution < 1.29 is 14.4 Å². The molecular formula is C14H15N3O3. The van der Waals surface area contributed by atoms with Crippen LogP contribution in [-0.2, 0) is 10.3 Å². The zero-order valence-electron chi connectivity index (χ0n) is 11.6. The van der Waals surface area contributed by atoms with Crippen molar-refractivity contribution in [3.05, 3.63) is 35.4 Å². The summed E-state index contributed by atoms with van der Waals surface area (Å²) in [4.78, 5) is 41.0. The van der Waals surface area contributed by atoms with Gasteiger partial charge in [-0.25, -0.2) is 4.79 Å². The topological polar surface area (TPSA) is 60.9 Å². The van der Waals surface area contributed by atoms with Gasteiger partial charge >= 0.3 is 6.03 Å². The van der Waals surface area contributed by atoms with Crippen molar-refractivity contribution in [2.45, 2.75) is 5.54 Å². The van der Waals surface area contributed by atoms with Crippen molar-refractivity contribution in [2.24, 2.45) is 0 Å². The lowest BCUT2D eigenvalue weighted by atomic mass is 9.86. The van der Waals surface area contributed by atoms with Crippen molar-refractivity contribution in [2.75, 3.05) is 27.7 Å². The Kier molecular flexibility index (Phi) is 2.41. The quantitative estimate of drug-likeness (QED) is 0.691. The number of imide groups is 1. The maximum Gasteiger partial charge on any atom is 0.326 e. The molecule has 1 saturated heterocycles. The first-order valence-corrected chi connectivity index (χ1v) is 6.32. The Morgan fingerprint density at radius 2 is 1.70 bits per heavy atom. The highest BCUT2D eigenvalue weighted by Gasteiger charge is 2.58. The Balaban J connectivity index is 2.24. The molecule has 20 heavy (non-hydrogen) atoms. The fourth-order valence-corrected chi connectivity index (χ4v) is 3.11. The Hall–Kier alpha value is -2.37. The number of hydrogen-bond donors (Lipinski definition) is 0. The molecule has 0 aliphatic carbocycles. The molecule has 1 atom stereocenters. The molecule has 3 rings (SSSR count). The maximum absolute atomic E-state index is 12.7. The molecule has 1 unspecified atom stereocenters. The number of urea groups is 1. The van der Waals surface area contributed by atoms with Gasteiger partial charge in [0.15, 0.2) is 5.54 Å². The number of hydrogen-bond acceptors (Lipinski definition) is 3. The summed E-state index contributed by atoms with van der Waals surface area (Å²) in [6, 6.07) is 6.72. The second-order valence-electron chi connectivity index (χ2n) is 5.27. The van der Waals surface area contributed by atoms with Gasteiger partial charge in [0.25, 0.3) is 11.8 Å². The van der Waals surface area contributed by atoms with Crippen LogP contribution in [0, 0.1) is 0 Å². The van der Waals surface area contributed by atoms with Crippen LogP contribution in [0.15, 0.2) is 24.3 Å². The molecule has 1 fully saturated rings. The van der Waals surface area contributed by atoms with Gasteiger partial charge in [-0.05, 0) is 6.07 Å². The maximum atomic E-state index is 12.7. The van der Waals surface area contributed by atoms with E-state index in [1.807, 2.05) is 0 Å². The van der Waals surface area contributed by atoms with Crippen LogP contribution in [0.4, 0.5) is 4.79 Å². The van der Waals surface area contributed by atoms with E-state index in [4.69, 9.17) is 0 Å².